The van der Waals surface area contributed by atoms with Crippen LogP contribution < -0.4 is 5.56 Å². The molecule has 0 fully saturated rings. The van der Waals surface area contributed by atoms with E-state index in [1.165, 1.54) is 4.57 Å². The third-order valence-corrected chi connectivity index (χ3v) is 3.57. The fourth-order valence-electron chi connectivity index (χ4n) is 2.27. The molecule has 0 unspecified atom stereocenters. The summed E-state index contributed by atoms with van der Waals surface area (Å²) in [5.74, 6) is -1.19. The van der Waals surface area contributed by atoms with Gasteiger partial charge in [0.1, 0.15) is 5.56 Å². The van der Waals surface area contributed by atoms with Gasteiger partial charge in [0, 0.05) is 18.3 Å². The topological polar surface area (TPSA) is 59.3 Å². The van der Waals surface area contributed by atoms with Gasteiger partial charge in [-0.25, -0.2) is 4.79 Å². The Kier molecular flexibility index (Phi) is 3.49. The fourth-order valence-corrected chi connectivity index (χ4v) is 2.27. The molecule has 2 aromatic rings. The second-order valence-corrected chi connectivity index (χ2v) is 5.06. The molecule has 20 heavy (non-hydrogen) atoms. The summed E-state index contributed by atoms with van der Waals surface area (Å²) >= 11 is 0. The SMILES string of the molecule is Cc1ccc(C)c(-c2cc(C)n(C)c(=O)c2C(=O)O)c1. The number of pyridine rings is 1. The molecule has 0 radical (unpaired) electrons. The minimum absolute atomic E-state index is 0.174. The first-order chi connectivity index (χ1) is 9.32. The van der Waals surface area contributed by atoms with E-state index in [4.69, 9.17) is 0 Å². The van der Waals surface area contributed by atoms with Gasteiger partial charge in [-0.1, -0.05) is 23.8 Å². The Morgan fingerprint density at radius 2 is 1.75 bits per heavy atom. The standard InChI is InChI=1S/C16H17NO3/c1-9-5-6-10(2)12(7-9)13-8-11(3)17(4)15(18)14(13)16(19)20/h5-8H,1-4H3,(H,19,20). The van der Waals surface area contributed by atoms with E-state index in [1.54, 1.807) is 20.0 Å². The maximum Gasteiger partial charge on any atom is 0.341 e. The Balaban J connectivity index is 2.90. The minimum Gasteiger partial charge on any atom is -0.477 e. The van der Waals surface area contributed by atoms with Crippen molar-refractivity contribution in [2.45, 2.75) is 20.8 Å². The average molecular weight is 271 g/mol. The summed E-state index contributed by atoms with van der Waals surface area (Å²) in [6, 6.07) is 7.57. The number of aromatic carboxylic acids is 1. The summed E-state index contributed by atoms with van der Waals surface area (Å²) < 4.78 is 1.36. The normalized spacial score (nSPS) is 10.6. The molecule has 0 saturated carbocycles. The van der Waals surface area contributed by atoms with Crippen LogP contribution in [0.2, 0.25) is 0 Å². The molecule has 2 rings (SSSR count). The number of carboxylic acid groups (broad SMARTS) is 1. The molecule has 0 atom stereocenters. The lowest BCUT2D eigenvalue weighted by Gasteiger charge is -2.13. The van der Waals surface area contributed by atoms with Crippen LogP contribution in [-0.4, -0.2) is 15.6 Å². The summed E-state index contributed by atoms with van der Waals surface area (Å²) in [5, 5.41) is 9.37. The van der Waals surface area contributed by atoms with Crippen molar-refractivity contribution in [3.63, 3.8) is 0 Å². The molecule has 1 heterocycles. The molecular formula is C16H17NO3. The number of hydrogen-bond acceptors (Lipinski definition) is 2. The van der Waals surface area contributed by atoms with Crippen molar-refractivity contribution in [3.8, 4) is 11.1 Å². The van der Waals surface area contributed by atoms with Crippen LogP contribution in [0.1, 0.15) is 27.2 Å². The van der Waals surface area contributed by atoms with Gasteiger partial charge in [0.15, 0.2) is 0 Å². The van der Waals surface area contributed by atoms with Crippen LogP contribution in [0.3, 0.4) is 0 Å². The monoisotopic (exact) mass is 271 g/mol. The van der Waals surface area contributed by atoms with Crippen LogP contribution in [0.4, 0.5) is 0 Å². The Hall–Kier alpha value is -2.36. The number of aromatic nitrogens is 1. The highest BCUT2D eigenvalue weighted by Crippen LogP contribution is 2.27. The Morgan fingerprint density at radius 3 is 2.35 bits per heavy atom. The number of carbonyl (C=O) groups is 1. The molecule has 0 aliphatic rings. The molecule has 1 aromatic carbocycles. The van der Waals surface area contributed by atoms with Gasteiger partial charge in [0.25, 0.3) is 5.56 Å². The van der Waals surface area contributed by atoms with Crippen molar-refractivity contribution in [3.05, 3.63) is 57.0 Å². The zero-order valence-electron chi connectivity index (χ0n) is 12.0. The van der Waals surface area contributed by atoms with Crippen LogP contribution >= 0.6 is 0 Å². The summed E-state index contributed by atoms with van der Waals surface area (Å²) in [4.78, 5) is 23.7. The van der Waals surface area contributed by atoms with Crippen LogP contribution in [0.25, 0.3) is 11.1 Å². The second-order valence-electron chi connectivity index (χ2n) is 5.06. The number of carboxylic acids is 1. The summed E-state index contributed by atoms with van der Waals surface area (Å²) in [7, 11) is 1.58. The third kappa shape index (κ3) is 2.25. The summed E-state index contributed by atoms with van der Waals surface area (Å²) in [5.41, 5.74) is 3.34. The van der Waals surface area contributed by atoms with Crippen molar-refractivity contribution >= 4 is 5.97 Å². The smallest absolute Gasteiger partial charge is 0.341 e. The third-order valence-electron chi connectivity index (χ3n) is 3.57. The molecule has 1 aromatic heterocycles. The molecular weight excluding hydrogens is 254 g/mol. The number of aryl methyl sites for hydroxylation is 3. The lowest BCUT2D eigenvalue weighted by atomic mass is 9.95. The van der Waals surface area contributed by atoms with Gasteiger partial charge >= 0.3 is 5.97 Å². The van der Waals surface area contributed by atoms with Gasteiger partial charge in [-0.2, -0.15) is 0 Å². The van der Waals surface area contributed by atoms with E-state index in [1.807, 2.05) is 32.0 Å². The molecule has 4 heteroatoms. The Bertz CT molecular complexity index is 757. The summed E-state index contributed by atoms with van der Waals surface area (Å²) in [6.45, 7) is 5.64. The molecule has 104 valence electrons. The van der Waals surface area contributed by atoms with E-state index in [2.05, 4.69) is 0 Å². The van der Waals surface area contributed by atoms with Gasteiger partial charge in [-0.05, 0) is 38.0 Å². The highest BCUT2D eigenvalue weighted by atomic mass is 16.4. The highest BCUT2D eigenvalue weighted by Gasteiger charge is 2.19. The predicted molar refractivity (Wildman–Crippen MR) is 78.3 cm³/mol. The maximum absolute atomic E-state index is 12.2. The van der Waals surface area contributed by atoms with Gasteiger partial charge in [0.05, 0.1) is 0 Å². The summed E-state index contributed by atoms with van der Waals surface area (Å²) in [6.07, 6.45) is 0. The van der Waals surface area contributed by atoms with E-state index in [0.717, 1.165) is 22.4 Å². The minimum atomic E-state index is -1.19. The van der Waals surface area contributed by atoms with Crippen LogP contribution in [0, 0.1) is 20.8 Å². The number of rotatable bonds is 2. The van der Waals surface area contributed by atoms with Crippen LogP contribution in [0.5, 0.6) is 0 Å². The fraction of sp³-hybridized carbons (Fsp3) is 0.250. The zero-order valence-corrected chi connectivity index (χ0v) is 12.0. The van der Waals surface area contributed by atoms with Crippen molar-refractivity contribution in [1.29, 1.82) is 0 Å². The predicted octanol–water partition coefficient (Wildman–Crippen LogP) is 2.68. The number of benzene rings is 1. The van der Waals surface area contributed by atoms with Gasteiger partial charge in [0.2, 0.25) is 0 Å². The van der Waals surface area contributed by atoms with Crippen LogP contribution in [0.15, 0.2) is 29.1 Å². The van der Waals surface area contributed by atoms with Crippen molar-refractivity contribution in [1.82, 2.24) is 4.57 Å². The van der Waals surface area contributed by atoms with E-state index in [-0.39, 0.29) is 5.56 Å². The number of hydrogen-bond donors (Lipinski definition) is 1. The van der Waals surface area contributed by atoms with Crippen molar-refractivity contribution < 1.29 is 9.90 Å². The first-order valence-electron chi connectivity index (χ1n) is 6.34. The number of nitrogens with zero attached hydrogens (tertiary/aromatic N) is 1. The highest BCUT2D eigenvalue weighted by molar-refractivity contribution is 5.96. The molecule has 0 saturated heterocycles. The van der Waals surface area contributed by atoms with E-state index in [9.17, 15) is 14.7 Å². The molecule has 0 bridgehead atoms. The zero-order chi connectivity index (χ0) is 15.0. The molecule has 0 amide bonds. The molecule has 0 aliphatic heterocycles. The van der Waals surface area contributed by atoms with Gasteiger partial charge in [-0.15, -0.1) is 0 Å². The lowest BCUT2D eigenvalue weighted by molar-refractivity contribution is 0.0695. The molecule has 1 N–H and O–H groups in total. The molecule has 0 aliphatic carbocycles. The lowest BCUT2D eigenvalue weighted by Crippen LogP contribution is -2.27. The van der Waals surface area contributed by atoms with Gasteiger partial charge in [-0.3, -0.25) is 4.79 Å². The second kappa shape index (κ2) is 4.96. The average Bonchev–Trinajstić information content (AvgIpc) is 2.38. The van der Waals surface area contributed by atoms with E-state index >= 15 is 0 Å². The van der Waals surface area contributed by atoms with Gasteiger partial charge < -0.3 is 9.67 Å². The largest absolute Gasteiger partial charge is 0.477 e. The Labute approximate surface area is 117 Å². The maximum atomic E-state index is 12.2. The first kappa shape index (κ1) is 14.1. The Morgan fingerprint density at radius 1 is 1.10 bits per heavy atom. The molecule has 4 nitrogen and oxygen atoms in total. The molecule has 0 spiro atoms. The van der Waals surface area contributed by atoms with Crippen LogP contribution in [-0.2, 0) is 7.05 Å². The van der Waals surface area contributed by atoms with Crippen molar-refractivity contribution in [2.24, 2.45) is 7.05 Å². The van der Waals surface area contributed by atoms with E-state index < -0.39 is 11.5 Å². The van der Waals surface area contributed by atoms with E-state index in [0.29, 0.717) is 5.56 Å². The first-order valence-corrected chi connectivity index (χ1v) is 6.34. The van der Waals surface area contributed by atoms with Crippen molar-refractivity contribution in [2.75, 3.05) is 0 Å². The quantitative estimate of drug-likeness (QED) is 0.913.